The van der Waals surface area contributed by atoms with E-state index in [1.54, 1.807) is 30.3 Å². The monoisotopic (exact) mass is 376 g/mol. The molecule has 1 unspecified atom stereocenters. The molecule has 0 bridgehead atoms. The summed E-state index contributed by atoms with van der Waals surface area (Å²) in [6, 6.07) is 11.8. The van der Waals surface area contributed by atoms with Crippen molar-refractivity contribution in [3.05, 3.63) is 58.1 Å². The van der Waals surface area contributed by atoms with Gasteiger partial charge in [0.15, 0.2) is 0 Å². The fourth-order valence-corrected chi connectivity index (χ4v) is 2.69. The minimum atomic E-state index is -2.90. The summed E-state index contributed by atoms with van der Waals surface area (Å²) in [6.07, 6.45) is 0. The molecule has 0 saturated carbocycles. The standard InChI is InChI=1S/C15H12BrClF2O2/c1-20-12-7-6-9(16)8-11(12)14(17)10-4-2-3-5-13(10)21-15(18)19/h2-8,14-15H,1H3. The van der Waals surface area contributed by atoms with E-state index < -0.39 is 12.0 Å². The fraction of sp³-hybridized carbons (Fsp3) is 0.200. The van der Waals surface area contributed by atoms with Crippen molar-refractivity contribution in [3.8, 4) is 11.5 Å². The first-order valence-corrected chi connectivity index (χ1v) is 7.27. The highest BCUT2D eigenvalue weighted by Crippen LogP contribution is 2.40. The zero-order valence-corrected chi connectivity index (χ0v) is 13.4. The van der Waals surface area contributed by atoms with Crippen molar-refractivity contribution in [1.82, 2.24) is 0 Å². The molecule has 0 aliphatic heterocycles. The lowest BCUT2D eigenvalue weighted by Crippen LogP contribution is -2.06. The van der Waals surface area contributed by atoms with Crippen LogP contribution in [0.2, 0.25) is 0 Å². The lowest BCUT2D eigenvalue weighted by atomic mass is 10.0. The van der Waals surface area contributed by atoms with Gasteiger partial charge in [-0.15, -0.1) is 11.6 Å². The van der Waals surface area contributed by atoms with Crippen LogP contribution in [0.15, 0.2) is 46.9 Å². The van der Waals surface area contributed by atoms with Crippen LogP contribution < -0.4 is 9.47 Å². The summed E-state index contributed by atoms with van der Waals surface area (Å²) in [4.78, 5) is 0. The van der Waals surface area contributed by atoms with E-state index in [0.717, 1.165) is 4.47 Å². The molecule has 0 aliphatic rings. The van der Waals surface area contributed by atoms with Crippen molar-refractivity contribution < 1.29 is 18.3 Å². The summed E-state index contributed by atoms with van der Waals surface area (Å²) in [7, 11) is 1.53. The molecule has 0 spiro atoms. The first-order valence-electron chi connectivity index (χ1n) is 6.04. The van der Waals surface area contributed by atoms with Gasteiger partial charge in [-0.05, 0) is 24.3 Å². The van der Waals surface area contributed by atoms with Crippen molar-refractivity contribution in [2.45, 2.75) is 12.0 Å². The largest absolute Gasteiger partial charge is 0.496 e. The summed E-state index contributed by atoms with van der Waals surface area (Å²) in [5.74, 6) is 0.625. The molecule has 2 rings (SSSR count). The Morgan fingerprint density at radius 1 is 1.05 bits per heavy atom. The van der Waals surface area contributed by atoms with Crippen molar-refractivity contribution in [2.75, 3.05) is 7.11 Å². The molecule has 1 atom stereocenters. The molecule has 0 fully saturated rings. The van der Waals surface area contributed by atoms with Gasteiger partial charge >= 0.3 is 6.61 Å². The molecular formula is C15H12BrClF2O2. The Morgan fingerprint density at radius 3 is 2.43 bits per heavy atom. The van der Waals surface area contributed by atoms with Crippen LogP contribution in [-0.2, 0) is 0 Å². The number of methoxy groups -OCH3 is 1. The molecule has 0 saturated heterocycles. The van der Waals surface area contributed by atoms with Crippen LogP contribution >= 0.6 is 27.5 Å². The van der Waals surface area contributed by atoms with Gasteiger partial charge in [0.1, 0.15) is 11.5 Å². The maximum absolute atomic E-state index is 12.5. The van der Waals surface area contributed by atoms with Gasteiger partial charge in [0, 0.05) is 15.6 Å². The number of hydrogen-bond donors (Lipinski definition) is 0. The second kappa shape index (κ2) is 7.09. The van der Waals surface area contributed by atoms with Crippen LogP contribution in [0, 0.1) is 0 Å². The van der Waals surface area contributed by atoms with Gasteiger partial charge in [0.2, 0.25) is 0 Å². The van der Waals surface area contributed by atoms with E-state index in [0.29, 0.717) is 16.9 Å². The van der Waals surface area contributed by atoms with Crippen molar-refractivity contribution >= 4 is 27.5 Å². The van der Waals surface area contributed by atoms with E-state index in [1.807, 2.05) is 6.07 Å². The van der Waals surface area contributed by atoms with Crippen LogP contribution in [0.3, 0.4) is 0 Å². The Morgan fingerprint density at radius 2 is 1.76 bits per heavy atom. The molecule has 0 amide bonds. The predicted octanol–water partition coefficient (Wildman–Crippen LogP) is 5.39. The molecule has 2 aromatic rings. The van der Waals surface area contributed by atoms with E-state index in [-0.39, 0.29) is 5.75 Å². The van der Waals surface area contributed by atoms with Gasteiger partial charge in [-0.2, -0.15) is 8.78 Å². The smallest absolute Gasteiger partial charge is 0.387 e. The molecule has 0 N–H and O–H groups in total. The summed E-state index contributed by atoms with van der Waals surface area (Å²) in [5.41, 5.74) is 1.12. The number of ether oxygens (including phenoxy) is 2. The second-order valence-electron chi connectivity index (χ2n) is 4.17. The van der Waals surface area contributed by atoms with Gasteiger partial charge < -0.3 is 9.47 Å². The van der Waals surface area contributed by atoms with Gasteiger partial charge in [-0.25, -0.2) is 0 Å². The molecule has 0 radical (unpaired) electrons. The number of benzene rings is 2. The maximum atomic E-state index is 12.5. The highest BCUT2D eigenvalue weighted by Gasteiger charge is 2.21. The SMILES string of the molecule is COc1ccc(Br)cc1C(Cl)c1ccccc1OC(F)F. The highest BCUT2D eigenvalue weighted by atomic mass is 79.9. The van der Waals surface area contributed by atoms with E-state index in [1.165, 1.54) is 13.2 Å². The van der Waals surface area contributed by atoms with E-state index >= 15 is 0 Å². The normalized spacial score (nSPS) is 12.3. The maximum Gasteiger partial charge on any atom is 0.387 e. The van der Waals surface area contributed by atoms with Crippen molar-refractivity contribution in [2.24, 2.45) is 0 Å². The molecule has 2 aromatic carbocycles. The summed E-state index contributed by atoms with van der Waals surface area (Å²) in [6.45, 7) is -2.90. The lowest BCUT2D eigenvalue weighted by molar-refractivity contribution is -0.0504. The third-order valence-electron chi connectivity index (χ3n) is 2.87. The Labute approximate surface area is 134 Å². The van der Waals surface area contributed by atoms with Gasteiger partial charge in [0.05, 0.1) is 12.5 Å². The third-order valence-corrected chi connectivity index (χ3v) is 3.84. The molecular weight excluding hydrogens is 366 g/mol. The van der Waals surface area contributed by atoms with Crippen LogP contribution in [0.4, 0.5) is 8.78 Å². The average Bonchev–Trinajstić information content (AvgIpc) is 2.46. The topological polar surface area (TPSA) is 18.5 Å². The van der Waals surface area contributed by atoms with Crippen molar-refractivity contribution in [1.29, 1.82) is 0 Å². The molecule has 0 aliphatic carbocycles. The average molecular weight is 378 g/mol. The number of para-hydroxylation sites is 1. The zero-order chi connectivity index (χ0) is 15.4. The Hall–Kier alpha value is -1.33. The zero-order valence-electron chi connectivity index (χ0n) is 11.0. The number of halogens is 4. The summed E-state index contributed by atoms with van der Waals surface area (Å²) < 4.78 is 35.6. The van der Waals surface area contributed by atoms with Crippen LogP contribution in [-0.4, -0.2) is 13.7 Å². The molecule has 6 heteroatoms. The number of hydrogen-bond acceptors (Lipinski definition) is 2. The second-order valence-corrected chi connectivity index (χ2v) is 5.52. The van der Waals surface area contributed by atoms with E-state index in [9.17, 15) is 8.78 Å². The van der Waals surface area contributed by atoms with E-state index in [2.05, 4.69) is 20.7 Å². The Kier molecular flexibility index (Phi) is 5.42. The van der Waals surface area contributed by atoms with Crippen LogP contribution in [0.25, 0.3) is 0 Å². The van der Waals surface area contributed by atoms with Gasteiger partial charge in [0.25, 0.3) is 0 Å². The number of alkyl halides is 3. The first kappa shape index (κ1) is 16.0. The first-order chi connectivity index (χ1) is 10.0. The molecule has 112 valence electrons. The molecule has 0 heterocycles. The predicted molar refractivity (Wildman–Crippen MR) is 81.5 cm³/mol. The number of rotatable bonds is 5. The summed E-state index contributed by atoms with van der Waals surface area (Å²) in [5, 5.41) is -0.674. The quantitative estimate of drug-likeness (QED) is 0.651. The van der Waals surface area contributed by atoms with Crippen LogP contribution in [0.1, 0.15) is 16.5 Å². The Balaban J connectivity index is 2.45. The fourth-order valence-electron chi connectivity index (χ4n) is 1.96. The highest BCUT2D eigenvalue weighted by molar-refractivity contribution is 9.10. The van der Waals surface area contributed by atoms with Gasteiger partial charge in [-0.3, -0.25) is 0 Å². The minimum absolute atomic E-state index is 0.0505. The van der Waals surface area contributed by atoms with Gasteiger partial charge in [-0.1, -0.05) is 34.1 Å². The molecule has 21 heavy (non-hydrogen) atoms. The van der Waals surface area contributed by atoms with Crippen molar-refractivity contribution in [3.63, 3.8) is 0 Å². The molecule has 0 aromatic heterocycles. The minimum Gasteiger partial charge on any atom is -0.496 e. The Bertz CT molecular complexity index is 622. The van der Waals surface area contributed by atoms with E-state index in [4.69, 9.17) is 16.3 Å². The lowest BCUT2D eigenvalue weighted by Gasteiger charge is -2.18. The van der Waals surface area contributed by atoms with Crippen LogP contribution in [0.5, 0.6) is 11.5 Å². The third kappa shape index (κ3) is 3.86. The molecule has 2 nitrogen and oxygen atoms in total. The summed E-state index contributed by atoms with van der Waals surface area (Å²) >= 11 is 9.81.